The highest BCUT2D eigenvalue weighted by Gasteiger charge is 2.17. The lowest BCUT2D eigenvalue weighted by Gasteiger charge is -2.28. The first kappa shape index (κ1) is 12.8. The van der Waals surface area contributed by atoms with Crippen LogP contribution in [0.3, 0.4) is 0 Å². The number of rotatable bonds is 4. The molecule has 18 heavy (non-hydrogen) atoms. The maximum absolute atomic E-state index is 10.4. The zero-order valence-corrected chi connectivity index (χ0v) is 10.4. The van der Waals surface area contributed by atoms with Crippen LogP contribution in [0.5, 0.6) is 5.75 Å². The normalized spacial score (nSPS) is 17.6. The number of hydrogen-bond donors (Lipinski definition) is 0. The van der Waals surface area contributed by atoms with Gasteiger partial charge in [-0.2, -0.15) is 0 Å². The van der Waals surface area contributed by atoms with Crippen molar-refractivity contribution in [1.82, 2.24) is 9.88 Å². The molecule has 0 spiro atoms. The summed E-state index contributed by atoms with van der Waals surface area (Å²) in [5, 5.41) is 10.4. The number of ether oxygens (including phenoxy) is 1. The molecule has 0 N–H and O–H groups in total. The molecule has 1 aliphatic rings. The Morgan fingerprint density at radius 1 is 1.50 bits per heavy atom. The van der Waals surface area contributed by atoms with Crippen molar-refractivity contribution in [1.29, 1.82) is 0 Å². The predicted octanol–water partition coefficient (Wildman–Crippen LogP) is 1.71. The first-order chi connectivity index (χ1) is 8.65. The van der Waals surface area contributed by atoms with E-state index < -0.39 is 4.92 Å². The van der Waals surface area contributed by atoms with Crippen LogP contribution in [0, 0.1) is 16.0 Å². The summed E-state index contributed by atoms with van der Waals surface area (Å²) in [5.74, 6) is 1.01. The van der Waals surface area contributed by atoms with Gasteiger partial charge in [0.2, 0.25) is 0 Å². The van der Waals surface area contributed by atoms with Gasteiger partial charge in [-0.25, -0.2) is 0 Å². The average Bonchev–Trinajstić information content (AvgIpc) is 2.38. The summed E-state index contributed by atoms with van der Waals surface area (Å²) in [4.78, 5) is 16.0. The first-order valence-electron chi connectivity index (χ1n) is 6.07. The minimum absolute atomic E-state index is 0.151. The van der Waals surface area contributed by atoms with Crippen LogP contribution in [-0.4, -0.2) is 41.6 Å². The molecule has 2 heterocycles. The third-order valence-electron chi connectivity index (χ3n) is 3.23. The summed E-state index contributed by atoms with van der Waals surface area (Å²) in [6.45, 7) is 2.87. The Balaban J connectivity index is 1.81. The standard InChI is InChI=1S/C12H17N3O3/c1-14-6-4-10(5-7-14)9-18-11-2-3-12(13-8-11)15(16)17/h2-3,8,10H,4-7,9H2,1H3. The van der Waals surface area contributed by atoms with Crippen molar-refractivity contribution in [3.05, 3.63) is 28.4 Å². The molecule has 0 aliphatic carbocycles. The summed E-state index contributed by atoms with van der Waals surface area (Å²) in [5.41, 5.74) is 0. The molecule has 1 aromatic heterocycles. The molecule has 0 unspecified atom stereocenters. The van der Waals surface area contributed by atoms with E-state index in [-0.39, 0.29) is 5.82 Å². The summed E-state index contributed by atoms with van der Waals surface area (Å²) < 4.78 is 5.61. The van der Waals surface area contributed by atoms with Crippen LogP contribution in [0.4, 0.5) is 5.82 Å². The average molecular weight is 251 g/mol. The van der Waals surface area contributed by atoms with Crippen LogP contribution in [-0.2, 0) is 0 Å². The molecular formula is C12H17N3O3. The van der Waals surface area contributed by atoms with E-state index in [1.54, 1.807) is 6.07 Å². The minimum Gasteiger partial charge on any atom is -0.489 e. The molecule has 2 rings (SSSR count). The molecular weight excluding hydrogens is 234 g/mol. The molecule has 0 bridgehead atoms. The molecule has 0 aromatic carbocycles. The summed E-state index contributed by atoms with van der Waals surface area (Å²) in [6.07, 6.45) is 3.68. The number of aromatic nitrogens is 1. The zero-order chi connectivity index (χ0) is 13.0. The van der Waals surface area contributed by atoms with Crippen molar-refractivity contribution in [2.75, 3.05) is 26.7 Å². The van der Waals surface area contributed by atoms with Gasteiger partial charge in [0.15, 0.2) is 11.9 Å². The number of nitrogens with zero attached hydrogens (tertiary/aromatic N) is 3. The largest absolute Gasteiger partial charge is 0.489 e. The van der Waals surface area contributed by atoms with Crippen molar-refractivity contribution in [2.24, 2.45) is 5.92 Å². The van der Waals surface area contributed by atoms with Gasteiger partial charge in [-0.1, -0.05) is 0 Å². The molecule has 0 amide bonds. The molecule has 1 saturated heterocycles. The molecule has 0 saturated carbocycles. The fourth-order valence-corrected chi connectivity index (χ4v) is 2.01. The van der Waals surface area contributed by atoms with Crippen molar-refractivity contribution in [3.8, 4) is 5.75 Å². The second kappa shape index (κ2) is 5.77. The van der Waals surface area contributed by atoms with Gasteiger partial charge in [0.25, 0.3) is 0 Å². The minimum atomic E-state index is -0.513. The van der Waals surface area contributed by atoms with E-state index in [4.69, 9.17) is 4.74 Å². The number of pyridine rings is 1. The van der Waals surface area contributed by atoms with Crippen molar-refractivity contribution < 1.29 is 9.66 Å². The van der Waals surface area contributed by atoms with Gasteiger partial charge in [-0.05, 0) is 54.9 Å². The predicted molar refractivity (Wildman–Crippen MR) is 66.6 cm³/mol. The molecule has 0 radical (unpaired) electrons. The number of hydrogen-bond acceptors (Lipinski definition) is 5. The van der Waals surface area contributed by atoms with Gasteiger partial charge in [0.1, 0.15) is 0 Å². The Morgan fingerprint density at radius 2 is 2.22 bits per heavy atom. The van der Waals surface area contributed by atoms with Crippen molar-refractivity contribution in [3.63, 3.8) is 0 Å². The van der Waals surface area contributed by atoms with Crippen molar-refractivity contribution >= 4 is 5.82 Å². The maximum atomic E-state index is 10.4. The monoisotopic (exact) mass is 251 g/mol. The van der Waals surface area contributed by atoms with Gasteiger partial charge in [-0.15, -0.1) is 0 Å². The fourth-order valence-electron chi connectivity index (χ4n) is 2.01. The second-order valence-corrected chi connectivity index (χ2v) is 4.67. The lowest BCUT2D eigenvalue weighted by molar-refractivity contribution is -0.389. The lowest BCUT2D eigenvalue weighted by atomic mass is 9.98. The van der Waals surface area contributed by atoms with E-state index in [9.17, 15) is 10.1 Å². The second-order valence-electron chi connectivity index (χ2n) is 4.67. The van der Waals surface area contributed by atoms with Crippen LogP contribution in [0.2, 0.25) is 0 Å². The third kappa shape index (κ3) is 3.40. The highest BCUT2D eigenvalue weighted by atomic mass is 16.6. The maximum Gasteiger partial charge on any atom is 0.363 e. The van der Waals surface area contributed by atoms with Gasteiger partial charge in [0, 0.05) is 6.07 Å². The van der Waals surface area contributed by atoms with Gasteiger partial charge >= 0.3 is 5.82 Å². The SMILES string of the molecule is CN1CCC(COc2ccc([N+](=O)[O-])nc2)CC1. The molecule has 6 heteroatoms. The van der Waals surface area contributed by atoms with E-state index in [0.29, 0.717) is 18.3 Å². The first-order valence-corrected chi connectivity index (χ1v) is 6.07. The molecule has 1 aromatic rings. The molecule has 1 fully saturated rings. The van der Waals surface area contributed by atoms with Crippen LogP contribution >= 0.6 is 0 Å². The zero-order valence-electron chi connectivity index (χ0n) is 10.4. The quantitative estimate of drug-likeness (QED) is 0.602. The number of likely N-dealkylation sites (tertiary alicyclic amines) is 1. The smallest absolute Gasteiger partial charge is 0.363 e. The summed E-state index contributed by atoms with van der Waals surface area (Å²) >= 11 is 0. The van der Waals surface area contributed by atoms with E-state index in [2.05, 4.69) is 16.9 Å². The molecule has 98 valence electrons. The van der Waals surface area contributed by atoms with Crippen molar-refractivity contribution in [2.45, 2.75) is 12.8 Å². The fraction of sp³-hybridized carbons (Fsp3) is 0.583. The van der Waals surface area contributed by atoms with Crippen LogP contribution in [0.15, 0.2) is 18.3 Å². The Hall–Kier alpha value is -1.69. The van der Waals surface area contributed by atoms with Gasteiger partial charge in [-0.3, -0.25) is 0 Å². The van der Waals surface area contributed by atoms with Gasteiger partial charge < -0.3 is 19.8 Å². The number of piperidine rings is 1. The Bertz CT molecular complexity index is 400. The third-order valence-corrected chi connectivity index (χ3v) is 3.23. The summed E-state index contributed by atoms with van der Waals surface area (Å²) in [6, 6.07) is 2.96. The lowest BCUT2D eigenvalue weighted by Crippen LogP contribution is -2.32. The Kier molecular flexibility index (Phi) is 4.09. The van der Waals surface area contributed by atoms with E-state index in [1.165, 1.54) is 12.3 Å². The Morgan fingerprint density at radius 3 is 2.78 bits per heavy atom. The summed E-state index contributed by atoms with van der Waals surface area (Å²) in [7, 11) is 2.12. The van der Waals surface area contributed by atoms with Crippen LogP contribution in [0.25, 0.3) is 0 Å². The molecule has 6 nitrogen and oxygen atoms in total. The van der Waals surface area contributed by atoms with E-state index in [0.717, 1.165) is 25.9 Å². The number of nitro groups is 1. The highest BCUT2D eigenvalue weighted by molar-refractivity contribution is 5.26. The van der Waals surface area contributed by atoms with Crippen LogP contribution in [0.1, 0.15) is 12.8 Å². The topological polar surface area (TPSA) is 68.5 Å². The van der Waals surface area contributed by atoms with E-state index >= 15 is 0 Å². The molecule has 0 atom stereocenters. The van der Waals surface area contributed by atoms with Gasteiger partial charge in [0.05, 0.1) is 6.61 Å². The molecule has 1 aliphatic heterocycles. The van der Waals surface area contributed by atoms with Crippen LogP contribution < -0.4 is 4.74 Å². The highest BCUT2D eigenvalue weighted by Crippen LogP contribution is 2.19. The van der Waals surface area contributed by atoms with E-state index in [1.807, 2.05) is 0 Å². The Labute approximate surface area is 106 Å².